The third-order valence-electron chi connectivity index (χ3n) is 4.17. The Hall–Kier alpha value is -2.30. The van der Waals surface area contributed by atoms with Crippen LogP contribution >= 0.6 is 0 Å². The number of hydrogen-bond acceptors (Lipinski definition) is 2. The second-order valence-electron chi connectivity index (χ2n) is 5.64. The number of aromatic carboxylic acids is 1. The molecule has 2 heterocycles. The lowest BCUT2D eigenvalue weighted by molar-refractivity contribution is 0.0694. The van der Waals surface area contributed by atoms with Crippen LogP contribution in [0.2, 0.25) is 0 Å². The fourth-order valence-electron chi connectivity index (χ4n) is 2.99. The van der Waals surface area contributed by atoms with Gasteiger partial charge in [-0.15, -0.1) is 0 Å². The molecule has 110 valence electrons. The van der Waals surface area contributed by atoms with E-state index < -0.39 is 11.5 Å². The summed E-state index contributed by atoms with van der Waals surface area (Å²) in [5, 5.41) is 9.41. The number of nitrogens with zero attached hydrogens (tertiary/aromatic N) is 2. The molecule has 1 unspecified atom stereocenters. The van der Waals surface area contributed by atoms with Gasteiger partial charge in [-0.1, -0.05) is 25.1 Å². The van der Waals surface area contributed by atoms with E-state index in [2.05, 4.69) is 6.92 Å². The predicted octanol–water partition coefficient (Wildman–Crippen LogP) is 2.31. The summed E-state index contributed by atoms with van der Waals surface area (Å²) in [6, 6.07) is 9.23. The summed E-state index contributed by atoms with van der Waals surface area (Å²) < 4.78 is 3.36. The summed E-state index contributed by atoms with van der Waals surface area (Å²) in [6.07, 6.45) is 2.50. The molecule has 0 saturated heterocycles. The maximum Gasteiger partial charge on any atom is 0.343 e. The number of hydrogen-bond donors (Lipinski definition) is 1. The zero-order valence-corrected chi connectivity index (χ0v) is 12.0. The SMILES string of the molecule is CC1CCc2c(C(=O)O)c(=O)n(-c3ccccc3)n2CC1. The first-order valence-electron chi connectivity index (χ1n) is 7.23. The maximum atomic E-state index is 12.6. The third-order valence-corrected chi connectivity index (χ3v) is 4.17. The highest BCUT2D eigenvalue weighted by atomic mass is 16.4. The van der Waals surface area contributed by atoms with Gasteiger partial charge in [-0.3, -0.25) is 9.48 Å². The lowest BCUT2D eigenvalue weighted by Crippen LogP contribution is -2.24. The van der Waals surface area contributed by atoms with E-state index in [1.54, 1.807) is 0 Å². The molecule has 1 aliphatic rings. The van der Waals surface area contributed by atoms with Crippen LogP contribution in [-0.2, 0) is 13.0 Å². The number of rotatable bonds is 2. The number of para-hydroxylation sites is 1. The Morgan fingerprint density at radius 3 is 2.62 bits per heavy atom. The van der Waals surface area contributed by atoms with E-state index in [-0.39, 0.29) is 5.56 Å². The molecule has 21 heavy (non-hydrogen) atoms. The highest BCUT2D eigenvalue weighted by Crippen LogP contribution is 2.22. The van der Waals surface area contributed by atoms with Crippen molar-refractivity contribution in [3.05, 3.63) is 51.9 Å². The van der Waals surface area contributed by atoms with Crippen LogP contribution in [0.15, 0.2) is 35.1 Å². The molecule has 1 aliphatic heterocycles. The molecule has 1 N–H and O–H groups in total. The number of benzene rings is 1. The Bertz CT molecular complexity index is 728. The number of carboxylic acids is 1. The molecule has 0 fully saturated rings. The molecule has 0 bridgehead atoms. The standard InChI is InChI=1S/C16H18N2O3/c1-11-7-8-13-14(16(20)21)15(19)18(17(13)10-9-11)12-5-3-2-4-6-12/h2-6,11H,7-10H2,1H3,(H,20,21). The molecule has 0 aliphatic carbocycles. The Kier molecular flexibility index (Phi) is 3.41. The summed E-state index contributed by atoms with van der Waals surface area (Å²) >= 11 is 0. The van der Waals surface area contributed by atoms with E-state index in [0.717, 1.165) is 12.8 Å². The number of fused-ring (bicyclic) bond motifs is 1. The number of aromatic nitrogens is 2. The van der Waals surface area contributed by atoms with Gasteiger partial charge >= 0.3 is 5.97 Å². The Balaban J connectivity index is 2.26. The first-order valence-corrected chi connectivity index (χ1v) is 7.23. The summed E-state index contributed by atoms with van der Waals surface area (Å²) in [5.41, 5.74) is 0.859. The second kappa shape index (κ2) is 5.24. The zero-order chi connectivity index (χ0) is 15.0. The van der Waals surface area contributed by atoms with Crippen LogP contribution < -0.4 is 5.56 Å². The largest absolute Gasteiger partial charge is 0.477 e. The minimum Gasteiger partial charge on any atom is -0.477 e. The van der Waals surface area contributed by atoms with Crippen molar-refractivity contribution < 1.29 is 9.90 Å². The summed E-state index contributed by atoms with van der Waals surface area (Å²) in [4.78, 5) is 24.1. The van der Waals surface area contributed by atoms with Crippen molar-refractivity contribution in [2.75, 3.05) is 0 Å². The molecule has 5 nitrogen and oxygen atoms in total. The minimum absolute atomic E-state index is 0.0760. The molecule has 1 atom stereocenters. The molecule has 0 spiro atoms. The van der Waals surface area contributed by atoms with E-state index in [4.69, 9.17) is 0 Å². The van der Waals surface area contributed by atoms with Crippen molar-refractivity contribution in [3.8, 4) is 5.69 Å². The molecular weight excluding hydrogens is 268 g/mol. The fraction of sp³-hybridized carbons (Fsp3) is 0.375. The van der Waals surface area contributed by atoms with Gasteiger partial charge in [-0.25, -0.2) is 9.48 Å². The lowest BCUT2D eigenvalue weighted by atomic mass is 10.0. The predicted molar refractivity (Wildman–Crippen MR) is 79.1 cm³/mol. The van der Waals surface area contributed by atoms with Crippen molar-refractivity contribution in [3.63, 3.8) is 0 Å². The van der Waals surface area contributed by atoms with E-state index >= 15 is 0 Å². The lowest BCUT2D eigenvalue weighted by Gasteiger charge is -2.12. The third kappa shape index (κ3) is 2.28. The van der Waals surface area contributed by atoms with Gasteiger partial charge in [-0.2, -0.15) is 0 Å². The first kappa shape index (κ1) is 13.7. The van der Waals surface area contributed by atoms with Crippen LogP contribution in [0.5, 0.6) is 0 Å². The summed E-state index contributed by atoms with van der Waals surface area (Å²) in [5.74, 6) is -0.598. The molecule has 0 saturated carbocycles. The van der Waals surface area contributed by atoms with Gasteiger partial charge in [0.05, 0.1) is 11.4 Å². The Labute approximate surface area is 122 Å². The van der Waals surface area contributed by atoms with Gasteiger partial charge in [-0.05, 0) is 37.3 Å². The van der Waals surface area contributed by atoms with Crippen molar-refractivity contribution in [2.24, 2.45) is 5.92 Å². The molecule has 1 aromatic carbocycles. The van der Waals surface area contributed by atoms with Gasteiger partial charge in [0, 0.05) is 6.54 Å². The highest BCUT2D eigenvalue weighted by molar-refractivity contribution is 5.88. The fourth-order valence-corrected chi connectivity index (χ4v) is 2.99. The minimum atomic E-state index is -1.13. The monoisotopic (exact) mass is 286 g/mol. The summed E-state index contributed by atoms with van der Waals surface area (Å²) in [7, 11) is 0. The average molecular weight is 286 g/mol. The Morgan fingerprint density at radius 2 is 1.95 bits per heavy atom. The van der Waals surface area contributed by atoms with Crippen LogP contribution in [0.4, 0.5) is 0 Å². The van der Waals surface area contributed by atoms with Crippen molar-refractivity contribution in [1.29, 1.82) is 0 Å². The van der Waals surface area contributed by atoms with E-state index in [1.165, 1.54) is 4.68 Å². The van der Waals surface area contributed by atoms with Gasteiger partial charge in [0.1, 0.15) is 5.56 Å². The van der Waals surface area contributed by atoms with Gasteiger partial charge in [0.2, 0.25) is 0 Å². The van der Waals surface area contributed by atoms with E-state index in [0.29, 0.717) is 30.3 Å². The van der Waals surface area contributed by atoms with Crippen LogP contribution in [0, 0.1) is 5.92 Å². The first-order chi connectivity index (χ1) is 10.1. The zero-order valence-electron chi connectivity index (χ0n) is 12.0. The van der Waals surface area contributed by atoms with Gasteiger partial charge < -0.3 is 5.11 Å². The molecule has 3 rings (SSSR count). The highest BCUT2D eigenvalue weighted by Gasteiger charge is 2.27. The number of carbonyl (C=O) groups is 1. The Morgan fingerprint density at radius 1 is 1.24 bits per heavy atom. The van der Waals surface area contributed by atoms with Crippen molar-refractivity contribution in [1.82, 2.24) is 9.36 Å². The van der Waals surface area contributed by atoms with Crippen molar-refractivity contribution >= 4 is 5.97 Å². The topological polar surface area (TPSA) is 64.2 Å². The smallest absolute Gasteiger partial charge is 0.343 e. The van der Waals surface area contributed by atoms with Crippen molar-refractivity contribution in [2.45, 2.75) is 32.7 Å². The molecule has 2 aromatic rings. The molecular formula is C16H18N2O3. The molecule has 1 aromatic heterocycles. The van der Waals surface area contributed by atoms with Crippen LogP contribution in [0.25, 0.3) is 5.69 Å². The van der Waals surface area contributed by atoms with Gasteiger partial charge in [0.25, 0.3) is 5.56 Å². The van der Waals surface area contributed by atoms with Crippen LogP contribution in [0.3, 0.4) is 0 Å². The molecule has 0 radical (unpaired) electrons. The molecule has 0 amide bonds. The van der Waals surface area contributed by atoms with Crippen LogP contribution in [-0.4, -0.2) is 20.4 Å². The summed E-state index contributed by atoms with van der Waals surface area (Å²) in [6.45, 7) is 2.84. The molecule has 5 heteroatoms. The second-order valence-corrected chi connectivity index (χ2v) is 5.64. The average Bonchev–Trinajstić information content (AvgIpc) is 2.63. The van der Waals surface area contributed by atoms with Gasteiger partial charge in [0.15, 0.2) is 0 Å². The maximum absolute atomic E-state index is 12.6. The quantitative estimate of drug-likeness (QED) is 0.921. The normalized spacial score (nSPS) is 18.0. The van der Waals surface area contributed by atoms with E-state index in [9.17, 15) is 14.7 Å². The van der Waals surface area contributed by atoms with E-state index in [1.807, 2.05) is 35.0 Å². The van der Waals surface area contributed by atoms with Crippen LogP contribution in [0.1, 0.15) is 35.8 Å². The number of carboxylic acid groups (broad SMARTS) is 1.